The number of alkyl halides is 3. The Morgan fingerprint density at radius 3 is 2.11 bits per heavy atom. The number of rotatable bonds is 2. The average molecular weight is 337 g/mol. The minimum absolute atomic E-state index is 0. The molecule has 0 fully saturated rings. The smallest absolute Gasteiger partial charge is 1.00 e. The van der Waals surface area contributed by atoms with Crippen molar-refractivity contribution in [3.63, 3.8) is 0 Å². The number of hydrogen-bond acceptors (Lipinski definition) is 2. The van der Waals surface area contributed by atoms with E-state index in [1.807, 2.05) is 0 Å². The standard InChI is InChI=1S/C11H12F3O2.BrH.Mg/c1-10(2,3)15-8-5-4-6-9(7-8)16-11(12,13)14;;/h4,6-7H,1-3H3;1H;/q-1;;+2/p-1. The first-order valence-corrected chi connectivity index (χ1v) is 4.62. The van der Waals surface area contributed by atoms with Crippen molar-refractivity contribution in [1.29, 1.82) is 0 Å². The maximum Gasteiger partial charge on any atom is 2.00 e. The summed E-state index contributed by atoms with van der Waals surface area (Å²) in [6.07, 6.45) is -4.69. The molecule has 1 rings (SSSR count). The van der Waals surface area contributed by atoms with Crippen LogP contribution < -0.4 is 26.5 Å². The largest absolute Gasteiger partial charge is 2.00 e. The van der Waals surface area contributed by atoms with Crippen LogP contribution in [0.5, 0.6) is 11.5 Å². The molecule has 0 aliphatic heterocycles. The van der Waals surface area contributed by atoms with Gasteiger partial charge in [0.2, 0.25) is 0 Å². The fraction of sp³-hybridized carbons (Fsp3) is 0.455. The molecule has 1 aromatic rings. The Morgan fingerprint density at radius 1 is 1.11 bits per heavy atom. The van der Waals surface area contributed by atoms with E-state index in [0.29, 0.717) is 0 Å². The summed E-state index contributed by atoms with van der Waals surface area (Å²) in [6, 6.07) is 6.32. The molecule has 2 nitrogen and oxygen atoms in total. The van der Waals surface area contributed by atoms with E-state index < -0.39 is 12.0 Å². The van der Waals surface area contributed by atoms with Crippen molar-refractivity contribution in [1.82, 2.24) is 0 Å². The molecule has 1 aromatic carbocycles. The molecule has 0 aliphatic carbocycles. The van der Waals surface area contributed by atoms with Gasteiger partial charge in [-0.3, -0.25) is 0 Å². The molecule has 0 atom stereocenters. The molecule has 0 aromatic heterocycles. The monoisotopic (exact) mass is 336 g/mol. The van der Waals surface area contributed by atoms with Crippen molar-refractivity contribution in [2.24, 2.45) is 0 Å². The second kappa shape index (κ2) is 7.45. The van der Waals surface area contributed by atoms with Crippen molar-refractivity contribution in [3.05, 3.63) is 24.3 Å². The molecule has 0 saturated carbocycles. The van der Waals surface area contributed by atoms with Crippen LogP contribution in [-0.2, 0) is 0 Å². The van der Waals surface area contributed by atoms with Gasteiger partial charge < -0.3 is 26.5 Å². The third-order valence-electron chi connectivity index (χ3n) is 1.40. The van der Waals surface area contributed by atoms with Crippen LogP contribution in [0.15, 0.2) is 18.2 Å². The van der Waals surface area contributed by atoms with Gasteiger partial charge in [-0.1, -0.05) is 6.07 Å². The summed E-state index contributed by atoms with van der Waals surface area (Å²) >= 11 is 0. The molecule has 0 radical (unpaired) electrons. The maximum atomic E-state index is 11.9. The van der Waals surface area contributed by atoms with Gasteiger partial charge in [-0.25, -0.2) is 0 Å². The van der Waals surface area contributed by atoms with Gasteiger partial charge in [-0.2, -0.15) is 6.07 Å². The van der Waals surface area contributed by atoms with E-state index in [4.69, 9.17) is 4.74 Å². The van der Waals surface area contributed by atoms with Crippen LogP contribution in [0.25, 0.3) is 0 Å². The summed E-state index contributed by atoms with van der Waals surface area (Å²) in [7, 11) is 0. The second-order valence-electron chi connectivity index (χ2n) is 4.15. The molecule has 0 unspecified atom stereocenters. The second-order valence-corrected chi connectivity index (χ2v) is 4.15. The fourth-order valence-corrected chi connectivity index (χ4v) is 1.01. The first-order chi connectivity index (χ1) is 7.16. The van der Waals surface area contributed by atoms with Gasteiger partial charge in [-0.05, 0) is 20.8 Å². The summed E-state index contributed by atoms with van der Waals surface area (Å²) in [4.78, 5) is 0. The first-order valence-electron chi connectivity index (χ1n) is 4.62. The molecule has 7 heteroatoms. The quantitative estimate of drug-likeness (QED) is 0.567. The predicted octanol–water partition coefficient (Wildman–Crippen LogP) is 0.186. The van der Waals surface area contributed by atoms with Gasteiger partial charge in [-0.15, -0.1) is 25.3 Å². The Morgan fingerprint density at radius 2 is 1.67 bits per heavy atom. The molecular weight excluding hydrogens is 325 g/mol. The third-order valence-corrected chi connectivity index (χ3v) is 1.40. The SMILES string of the molecule is CC(C)(C)Oc1[c-]ccc(OC(F)(F)F)c1.[Br-].[Mg+2]. The molecule has 0 aliphatic rings. The van der Waals surface area contributed by atoms with E-state index in [2.05, 4.69) is 10.8 Å². The van der Waals surface area contributed by atoms with Gasteiger partial charge in [0.05, 0.1) is 5.60 Å². The minimum Gasteiger partial charge on any atom is -1.00 e. The molecule has 18 heavy (non-hydrogen) atoms. The summed E-state index contributed by atoms with van der Waals surface area (Å²) in [6.45, 7) is 5.37. The maximum absolute atomic E-state index is 11.9. The normalized spacial score (nSPS) is 11.0. The summed E-state index contributed by atoms with van der Waals surface area (Å²) in [5, 5.41) is 0. The van der Waals surface area contributed by atoms with E-state index in [0.717, 1.165) is 6.07 Å². The molecular formula is C11H12BrF3MgO2. The molecule has 0 saturated heterocycles. The Labute approximate surface area is 131 Å². The van der Waals surface area contributed by atoms with Crippen molar-refractivity contribution in [2.45, 2.75) is 32.7 Å². The van der Waals surface area contributed by atoms with E-state index in [1.54, 1.807) is 20.8 Å². The van der Waals surface area contributed by atoms with Crippen molar-refractivity contribution >= 4 is 23.1 Å². The Kier molecular flexibility index (Phi) is 8.35. The van der Waals surface area contributed by atoms with E-state index in [1.165, 1.54) is 12.1 Å². The zero-order valence-corrected chi connectivity index (χ0v) is 13.3. The van der Waals surface area contributed by atoms with Crippen LogP contribution in [-0.4, -0.2) is 35.0 Å². The van der Waals surface area contributed by atoms with Crippen molar-refractivity contribution < 1.29 is 39.6 Å². The number of hydrogen-bond donors (Lipinski definition) is 0. The van der Waals surface area contributed by atoms with Gasteiger partial charge in [0.15, 0.2) is 0 Å². The Bertz CT molecular complexity index is 333. The first kappa shape index (κ1) is 20.2. The molecule has 0 amide bonds. The molecule has 0 heterocycles. The Balaban J connectivity index is 0. The van der Waals surface area contributed by atoms with Crippen molar-refractivity contribution in [3.8, 4) is 11.5 Å². The van der Waals surface area contributed by atoms with Crippen LogP contribution in [0.3, 0.4) is 0 Å². The Hall–Kier alpha value is -0.144. The van der Waals surface area contributed by atoms with Crippen LogP contribution in [0.1, 0.15) is 20.8 Å². The molecule has 0 N–H and O–H groups in total. The molecule has 98 valence electrons. The third kappa shape index (κ3) is 8.88. The van der Waals surface area contributed by atoms with E-state index >= 15 is 0 Å². The minimum atomic E-state index is -4.69. The van der Waals surface area contributed by atoms with Gasteiger partial charge in [0, 0.05) is 11.5 Å². The van der Waals surface area contributed by atoms with Gasteiger partial charge >= 0.3 is 29.4 Å². The summed E-state index contributed by atoms with van der Waals surface area (Å²) < 4.78 is 44.9. The van der Waals surface area contributed by atoms with Crippen LogP contribution >= 0.6 is 0 Å². The summed E-state index contributed by atoms with van der Waals surface area (Å²) in [5.74, 6) is -0.0975. The number of halogens is 4. The van der Waals surface area contributed by atoms with E-state index in [-0.39, 0.29) is 51.5 Å². The van der Waals surface area contributed by atoms with E-state index in [9.17, 15) is 13.2 Å². The summed E-state index contributed by atoms with van der Waals surface area (Å²) in [5.41, 5.74) is -0.493. The topological polar surface area (TPSA) is 18.5 Å². The van der Waals surface area contributed by atoms with Gasteiger partial charge in [0.1, 0.15) is 0 Å². The fourth-order valence-electron chi connectivity index (χ4n) is 1.01. The zero-order chi connectivity index (χ0) is 12.4. The predicted molar refractivity (Wildman–Crippen MR) is 58.1 cm³/mol. The molecule has 0 bridgehead atoms. The van der Waals surface area contributed by atoms with Crippen LogP contribution in [0, 0.1) is 6.07 Å². The van der Waals surface area contributed by atoms with Crippen molar-refractivity contribution in [2.75, 3.05) is 0 Å². The van der Waals surface area contributed by atoms with Crippen LogP contribution in [0.4, 0.5) is 13.2 Å². The van der Waals surface area contributed by atoms with Gasteiger partial charge in [0.25, 0.3) is 0 Å². The number of ether oxygens (including phenoxy) is 2. The number of benzene rings is 1. The zero-order valence-electron chi connectivity index (χ0n) is 10.3. The van der Waals surface area contributed by atoms with Crippen LogP contribution in [0.2, 0.25) is 0 Å². The molecule has 0 spiro atoms. The average Bonchev–Trinajstić information content (AvgIpc) is 1.96.